The van der Waals surface area contributed by atoms with Gasteiger partial charge in [0.25, 0.3) is 9.05 Å². The zero-order chi connectivity index (χ0) is 12.6. The summed E-state index contributed by atoms with van der Waals surface area (Å²) in [5.41, 5.74) is 0. The van der Waals surface area contributed by atoms with E-state index in [1.54, 1.807) is 12.1 Å². The minimum Gasteiger partial charge on any atom is -0.465 e. The number of rotatable bonds is 2. The van der Waals surface area contributed by atoms with Gasteiger partial charge in [-0.15, -0.1) is 11.3 Å². The van der Waals surface area contributed by atoms with E-state index in [-0.39, 0.29) is 4.90 Å². The molecule has 0 amide bonds. The van der Waals surface area contributed by atoms with Gasteiger partial charge < -0.3 is 4.74 Å². The van der Waals surface area contributed by atoms with E-state index in [1.165, 1.54) is 30.6 Å². The number of ether oxygens (including phenoxy) is 1. The van der Waals surface area contributed by atoms with Crippen LogP contribution in [-0.2, 0) is 13.8 Å². The number of hydrogen-bond donors (Lipinski definition) is 0. The summed E-state index contributed by atoms with van der Waals surface area (Å²) in [5.74, 6) is -0.443. The average Bonchev–Trinajstić information content (AvgIpc) is 2.69. The maximum atomic E-state index is 11.3. The molecule has 2 aromatic rings. The van der Waals surface area contributed by atoms with Crippen molar-refractivity contribution >= 4 is 47.1 Å². The monoisotopic (exact) mass is 290 g/mol. The van der Waals surface area contributed by atoms with Crippen molar-refractivity contribution in [3.05, 3.63) is 29.1 Å². The first-order valence-corrected chi connectivity index (χ1v) is 7.61. The van der Waals surface area contributed by atoms with E-state index in [4.69, 9.17) is 10.7 Å². The van der Waals surface area contributed by atoms with Crippen LogP contribution in [0.15, 0.2) is 29.2 Å². The molecule has 0 fully saturated rings. The Morgan fingerprint density at radius 2 is 2.06 bits per heavy atom. The molecule has 0 bridgehead atoms. The number of esters is 1. The Hall–Kier alpha value is -1.11. The third-order valence-electron chi connectivity index (χ3n) is 2.16. The molecule has 0 spiro atoms. The summed E-state index contributed by atoms with van der Waals surface area (Å²) in [6.07, 6.45) is 0. The van der Waals surface area contributed by atoms with Gasteiger partial charge >= 0.3 is 5.97 Å². The van der Waals surface area contributed by atoms with Crippen LogP contribution in [0.3, 0.4) is 0 Å². The lowest BCUT2D eigenvalue weighted by Gasteiger charge is -1.94. The molecule has 1 aromatic heterocycles. The first kappa shape index (κ1) is 12.3. The molecule has 0 radical (unpaired) electrons. The SMILES string of the molecule is COC(=O)c1cc2cc(S(=O)(=O)Cl)ccc2s1. The van der Waals surface area contributed by atoms with Gasteiger partial charge in [-0.2, -0.15) is 0 Å². The summed E-state index contributed by atoms with van der Waals surface area (Å²) in [7, 11) is 2.78. The molecule has 0 saturated carbocycles. The number of carbonyl (C=O) groups excluding carboxylic acids is 1. The first-order chi connectivity index (χ1) is 7.91. The molecule has 7 heteroatoms. The minimum absolute atomic E-state index is 0.0147. The highest BCUT2D eigenvalue weighted by atomic mass is 35.7. The second-order valence-electron chi connectivity index (χ2n) is 3.24. The summed E-state index contributed by atoms with van der Waals surface area (Å²) >= 11 is 1.24. The Balaban J connectivity index is 2.60. The van der Waals surface area contributed by atoms with Crippen molar-refractivity contribution in [1.29, 1.82) is 0 Å². The molecular weight excluding hydrogens is 284 g/mol. The normalized spacial score (nSPS) is 11.6. The highest BCUT2D eigenvalue weighted by Crippen LogP contribution is 2.29. The largest absolute Gasteiger partial charge is 0.465 e. The Morgan fingerprint density at radius 1 is 1.35 bits per heavy atom. The van der Waals surface area contributed by atoms with E-state index >= 15 is 0 Å². The van der Waals surface area contributed by atoms with Gasteiger partial charge in [-0.25, -0.2) is 13.2 Å². The molecule has 0 N–H and O–H groups in total. The van der Waals surface area contributed by atoms with Crippen molar-refractivity contribution in [3.8, 4) is 0 Å². The number of methoxy groups -OCH3 is 1. The molecular formula is C10H7ClO4S2. The molecule has 1 heterocycles. The summed E-state index contributed by atoms with van der Waals surface area (Å²) < 4.78 is 27.7. The van der Waals surface area contributed by atoms with Crippen LogP contribution in [0, 0.1) is 0 Å². The maximum absolute atomic E-state index is 11.3. The molecule has 0 unspecified atom stereocenters. The third-order valence-corrected chi connectivity index (χ3v) is 4.60. The fraction of sp³-hybridized carbons (Fsp3) is 0.100. The van der Waals surface area contributed by atoms with Gasteiger partial charge in [0.1, 0.15) is 4.88 Å². The number of halogens is 1. The van der Waals surface area contributed by atoms with Gasteiger partial charge in [0.2, 0.25) is 0 Å². The van der Waals surface area contributed by atoms with Crippen molar-refractivity contribution in [2.24, 2.45) is 0 Å². The predicted molar refractivity (Wildman–Crippen MR) is 66.2 cm³/mol. The fourth-order valence-corrected chi connectivity index (χ4v) is 3.12. The van der Waals surface area contributed by atoms with Gasteiger partial charge in [0.15, 0.2) is 0 Å². The predicted octanol–water partition coefficient (Wildman–Crippen LogP) is 2.62. The maximum Gasteiger partial charge on any atom is 0.348 e. The second kappa shape index (κ2) is 4.29. The molecule has 90 valence electrons. The number of thiophene rings is 1. The smallest absolute Gasteiger partial charge is 0.348 e. The Bertz CT molecular complexity index is 687. The highest BCUT2D eigenvalue weighted by Gasteiger charge is 2.14. The molecule has 4 nitrogen and oxygen atoms in total. The van der Waals surface area contributed by atoms with Gasteiger partial charge in [-0.1, -0.05) is 0 Å². The summed E-state index contributed by atoms with van der Waals surface area (Å²) in [6.45, 7) is 0. The number of benzene rings is 1. The molecule has 0 aliphatic rings. The second-order valence-corrected chi connectivity index (χ2v) is 6.89. The van der Waals surface area contributed by atoms with Gasteiger partial charge in [-0.05, 0) is 29.7 Å². The molecule has 0 aliphatic carbocycles. The van der Waals surface area contributed by atoms with Crippen LogP contribution in [0.25, 0.3) is 10.1 Å². The summed E-state index contributed by atoms with van der Waals surface area (Å²) in [5, 5.41) is 0.650. The minimum atomic E-state index is -3.75. The van der Waals surface area contributed by atoms with E-state index in [0.717, 1.165) is 4.70 Å². The van der Waals surface area contributed by atoms with Crippen molar-refractivity contribution in [3.63, 3.8) is 0 Å². The van der Waals surface area contributed by atoms with E-state index in [2.05, 4.69) is 4.74 Å². The Morgan fingerprint density at radius 3 is 2.65 bits per heavy atom. The van der Waals surface area contributed by atoms with Gasteiger partial charge in [-0.3, -0.25) is 0 Å². The Labute approximate surface area is 106 Å². The Kier molecular flexibility index (Phi) is 3.11. The van der Waals surface area contributed by atoms with Crippen LogP contribution in [0.5, 0.6) is 0 Å². The van der Waals surface area contributed by atoms with Crippen LogP contribution < -0.4 is 0 Å². The molecule has 17 heavy (non-hydrogen) atoms. The summed E-state index contributed by atoms with van der Waals surface area (Å²) in [6, 6.07) is 6.03. The first-order valence-electron chi connectivity index (χ1n) is 4.48. The third kappa shape index (κ3) is 2.43. The zero-order valence-corrected chi connectivity index (χ0v) is 11.0. The molecule has 0 saturated heterocycles. The molecule has 0 atom stereocenters. The van der Waals surface area contributed by atoms with Crippen molar-refractivity contribution < 1.29 is 17.9 Å². The van der Waals surface area contributed by atoms with Crippen LogP contribution in [0.2, 0.25) is 0 Å². The fourth-order valence-electron chi connectivity index (χ4n) is 1.37. The van der Waals surface area contributed by atoms with Crippen LogP contribution in [-0.4, -0.2) is 21.5 Å². The van der Waals surface area contributed by atoms with Crippen LogP contribution in [0.1, 0.15) is 9.67 Å². The van der Waals surface area contributed by atoms with Crippen LogP contribution in [0.4, 0.5) is 0 Å². The topological polar surface area (TPSA) is 60.4 Å². The van der Waals surface area contributed by atoms with E-state index in [1.807, 2.05) is 0 Å². The van der Waals surface area contributed by atoms with Gasteiger partial charge in [0.05, 0.1) is 12.0 Å². The van der Waals surface area contributed by atoms with Crippen molar-refractivity contribution in [1.82, 2.24) is 0 Å². The number of hydrogen-bond acceptors (Lipinski definition) is 5. The quantitative estimate of drug-likeness (QED) is 0.630. The standard InChI is InChI=1S/C10H7ClO4S2/c1-15-10(12)9-5-6-4-7(17(11,13)14)2-3-8(6)16-9/h2-5H,1H3. The van der Waals surface area contributed by atoms with E-state index < -0.39 is 15.0 Å². The van der Waals surface area contributed by atoms with Crippen LogP contribution >= 0.6 is 22.0 Å². The zero-order valence-electron chi connectivity index (χ0n) is 8.64. The van der Waals surface area contributed by atoms with Gasteiger partial charge in [0, 0.05) is 15.4 Å². The molecule has 1 aromatic carbocycles. The average molecular weight is 291 g/mol. The lowest BCUT2D eigenvalue weighted by atomic mass is 10.2. The lowest BCUT2D eigenvalue weighted by Crippen LogP contribution is -1.96. The van der Waals surface area contributed by atoms with Crippen molar-refractivity contribution in [2.45, 2.75) is 4.90 Å². The number of carbonyl (C=O) groups is 1. The summed E-state index contributed by atoms with van der Waals surface area (Å²) in [4.78, 5) is 11.7. The lowest BCUT2D eigenvalue weighted by molar-refractivity contribution is 0.0606. The molecule has 0 aliphatic heterocycles. The molecule has 2 rings (SSSR count). The highest BCUT2D eigenvalue weighted by molar-refractivity contribution is 8.13. The number of fused-ring (bicyclic) bond motifs is 1. The van der Waals surface area contributed by atoms with E-state index in [9.17, 15) is 13.2 Å². The van der Waals surface area contributed by atoms with E-state index in [0.29, 0.717) is 10.3 Å². The van der Waals surface area contributed by atoms with Crippen molar-refractivity contribution in [2.75, 3.05) is 7.11 Å².